The van der Waals surface area contributed by atoms with Crippen molar-refractivity contribution in [1.29, 1.82) is 0 Å². The molecule has 6 nitrogen and oxygen atoms in total. The van der Waals surface area contributed by atoms with E-state index in [2.05, 4.69) is 29.6 Å². The average Bonchev–Trinajstić information content (AvgIpc) is 3.39. The van der Waals surface area contributed by atoms with Crippen molar-refractivity contribution < 1.29 is 19.7 Å². The van der Waals surface area contributed by atoms with E-state index in [-0.39, 0.29) is 19.1 Å². The molecule has 1 aromatic heterocycles. The van der Waals surface area contributed by atoms with Crippen LogP contribution in [0.25, 0.3) is 16.8 Å². The van der Waals surface area contributed by atoms with Crippen molar-refractivity contribution in [2.24, 2.45) is 0 Å². The monoisotopic (exact) mass is 482 g/mol. The number of aliphatic hydroxyl groups excluding tert-OH is 2. The highest BCUT2D eigenvalue weighted by atomic mass is 16.5. The van der Waals surface area contributed by atoms with Crippen LogP contribution >= 0.6 is 0 Å². The Morgan fingerprint density at radius 2 is 1.50 bits per heavy atom. The second-order valence-corrected chi connectivity index (χ2v) is 9.22. The first-order valence-corrected chi connectivity index (χ1v) is 12.1. The molecule has 0 saturated carbocycles. The number of nitrogens with zero attached hydrogens (tertiary/aromatic N) is 1. The zero-order valence-electron chi connectivity index (χ0n) is 20.4. The summed E-state index contributed by atoms with van der Waals surface area (Å²) in [7, 11) is 0. The fourth-order valence-electron chi connectivity index (χ4n) is 5.22. The van der Waals surface area contributed by atoms with E-state index >= 15 is 0 Å². The number of aromatic nitrogens is 1. The van der Waals surface area contributed by atoms with Gasteiger partial charge in [0.05, 0.1) is 0 Å². The lowest BCUT2D eigenvalue weighted by molar-refractivity contribution is 0.0182. The molecule has 2 unspecified atom stereocenters. The Kier molecular flexibility index (Phi) is 6.63. The van der Waals surface area contributed by atoms with Crippen LogP contribution in [0.1, 0.15) is 40.1 Å². The van der Waals surface area contributed by atoms with Gasteiger partial charge in [-0.3, -0.25) is 0 Å². The maximum atomic E-state index is 12.5. The minimum atomic E-state index is -1.18. The lowest BCUT2D eigenvalue weighted by Gasteiger charge is -2.20. The predicted octanol–water partition coefficient (Wildman–Crippen LogP) is 5.03. The van der Waals surface area contributed by atoms with Gasteiger partial charge in [-0.25, -0.2) is 4.79 Å². The Morgan fingerprint density at radius 1 is 0.917 bits per heavy atom. The number of amides is 1. The topological polar surface area (TPSA) is 83.7 Å². The van der Waals surface area contributed by atoms with E-state index in [1.165, 1.54) is 0 Å². The van der Waals surface area contributed by atoms with Crippen molar-refractivity contribution in [3.63, 3.8) is 0 Å². The number of alkyl carbamates (subject to hydrolysis) is 1. The van der Waals surface area contributed by atoms with Gasteiger partial charge in [-0.2, -0.15) is 0 Å². The largest absolute Gasteiger partial charge is 0.449 e. The zero-order chi connectivity index (χ0) is 25.2. The first kappa shape index (κ1) is 23.9. The zero-order valence-corrected chi connectivity index (χ0v) is 20.4. The Bertz CT molecular complexity index is 1330. The smallest absolute Gasteiger partial charge is 0.407 e. The summed E-state index contributed by atoms with van der Waals surface area (Å²) in [5, 5.41) is 24.1. The maximum absolute atomic E-state index is 12.5. The normalized spacial score (nSPS) is 14.1. The molecule has 1 heterocycles. The van der Waals surface area contributed by atoms with Gasteiger partial charge in [0.2, 0.25) is 0 Å². The van der Waals surface area contributed by atoms with Crippen LogP contribution in [0.2, 0.25) is 0 Å². The number of carbonyl (C=O) groups is 1. The number of rotatable bonds is 7. The first-order chi connectivity index (χ1) is 17.5. The number of nitrogens with one attached hydrogen (secondary N) is 1. The second-order valence-electron chi connectivity index (χ2n) is 9.22. The van der Waals surface area contributed by atoms with Crippen LogP contribution in [0, 0.1) is 13.8 Å². The third kappa shape index (κ3) is 4.41. The van der Waals surface area contributed by atoms with Crippen molar-refractivity contribution in [3.05, 3.63) is 113 Å². The SMILES string of the molecule is Cc1cc(C(O)C(O)CNC(=O)OCC2c3ccccc3-c3ccccc32)c(C)n1-c1ccccc1. The highest BCUT2D eigenvalue weighted by Gasteiger charge is 2.29. The summed E-state index contributed by atoms with van der Waals surface area (Å²) < 4.78 is 7.57. The van der Waals surface area contributed by atoms with Crippen molar-refractivity contribution in [1.82, 2.24) is 9.88 Å². The summed E-state index contributed by atoms with van der Waals surface area (Å²) >= 11 is 0. The van der Waals surface area contributed by atoms with Gasteiger partial charge in [-0.1, -0.05) is 66.7 Å². The van der Waals surface area contributed by atoms with E-state index in [0.29, 0.717) is 5.56 Å². The second kappa shape index (κ2) is 10.0. The molecule has 0 bridgehead atoms. The molecule has 3 aromatic carbocycles. The molecule has 6 heteroatoms. The average molecular weight is 483 g/mol. The van der Waals surface area contributed by atoms with Gasteiger partial charge in [0, 0.05) is 35.1 Å². The van der Waals surface area contributed by atoms with Crippen LogP contribution in [0.5, 0.6) is 0 Å². The molecular formula is C30H30N2O4. The third-order valence-corrected chi connectivity index (χ3v) is 6.97. The van der Waals surface area contributed by atoms with Crippen LogP contribution in [-0.4, -0.2) is 40.1 Å². The van der Waals surface area contributed by atoms with E-state index < -0.39 is 18.3 Å². The fourth-order valence-corrected chi connectivity index (χ4v) is 5.22. The lowest BCUT2D eigenvalue weighted by Crippen LogP contribution is -2.36. The fraction of sp³-hybridized carbons (Fsp3) is 0.233. The minimum Gasteiger partial charge on any atom is -0.449 e. The van der Waals surface area contributed by atoms with Crippen LogP contribution in [-0.2, 0) is 4.74 Å². The number of hydrogen-bond donors (Lipinski definition) is 3. The Labute approximate surface area is 210 Å². The summed E-state index contributed by atoms with van der Waals surface area (Å²) in [5.74, 6) is -0.0398. The minimum absolute atomic E-state index is 0.0398. The van der Waals surface area contributed by atoms with Crippen LogP contribution in [0.15, 0.2) is 84.9 Å². The number of fused-ring (bicyclic) bond motifs is 3. The van der Waals surface area contributed by atoms with E-state index in [0.717, 1.165) is 39.3 Å². The van der Waals surface area contributed by atoms with Crippen molar-refractivity contribution >= 4 is 6.09 Å². The van der Waals surface area contributed by atoms with Crippen LogP contribution in [0.4, 0.5) is 4.79 Å². The molecule has 0 aliphatic heterocycles. The van der Waals surface area contributed by atoms with Crippen LogP contribution < -0.4 is 5.32 Å². The molecule has 3 N–H and O–H groups in total. The summed E-state index contributed by atoms with van der Waals surface area (Å²) in [4.78, 5) is 12.5. The van der Waals surface area contributed by atoms with E-state index in [9.17, 15) is 15.0 Å². The molecule has 0 spiro atoms. The third-order valence-electron chi connectivity index (χ3n) is 6.97. The highest BCUT2D eigenvalue weighted by molar-refractivity contribution is 5.79. The van der Waals surface area contributed by atoms with E-state index in [1.807, 2.05) is 79.1 Å². The summed E-state index contributed by atoms with van der Waals surface area (Å²) in [6, 6.07) is 28.0. The molecule has 36 heavy (non-hydrogen) atoms. The molecule has 0 saturated heterocycles. The van der Waals surface area contributed by atoms with Gasteiger partial charge < -0.3 is 24.8 Å². The van der Waals surface area contributed by atoms with Crippen molar-refractivity contribution in [3.8, 4) is 16.8 Å². The molecule has 1 aliphatic carbocycles. The van der Waals surface area contributed by atoms with E-state index in [1.54, 1.807) is 0 Å². The maximum Gasteiger partial charge on any atom is 0.407 e. The number of benzene rings is 3. The Morgan fingerprint density at radius 3 is 2.14 bits per heavy atom. The standard InChI is InChI=1S/C30H30N2O4/c1-19-16-26(20(2)32(19)21-10-4-3-5-11-21)29(34)28(33)17-31-30(35)36-18-27-24-14-8-6-12-22(24)23-13-7-9-15-25(23)27/h3-16,27-29,33-34H,17-18H2,1-2H3,(H,31,35). The molecule has 184 valence electrons. The summed E-state index contributed by atoms with van der Waals surface area (Å²) in [6.45, 7) is 3.92. The number of para-hydroxylation sites is 1. The van der Waals surface area contributed by atoms with Gasteiger partial charge in [-0.05, 0) is 54.3 Å². The van der Waals surface area contributed by atoms with Gasteiger partial charge >= 0.3 is 6.09 Å². The number of aliphatic hydroxyl groups is 2. The van der Waals surface area contributed by atoms with Crippen molar-refractivity contribution in [2.45, 2.75) is 32.0 Å². The number of hydrogen-bond acceptors (Lipinski definition) is 4. The highest BCUT2D eigenvalue weighted by Crippen LogP contribution is 2.44. The Balaban J connectivity index is 1.20. The molecule has 1 aliphatic rings. The number of carbonyl (C=O) groups excluding carboxylic acids is 1. The van der Waals surface area contributed by atoms with Gasteiger partial charge in [0.25, 0.3) is 0 Å². The van der Waals surface area contributed by atoms with Crippen molar-refractivity contribution in [2.75, 3.05) is 13.2 Å². The molecule has 2 atom stereocenters. The molecular weight excluding hydrogens is 452 g/mol. The predicted molar refractivity (Wildman–Crippen MR) is 139 cm³/mol. The molecule has 5 rings (SSSR count). The number of ether oxygens (including phenoxy) is 1. The number of aryl methyl sites for hydroxylation is 1. The lowest BCUT2D eigenvalue weighted by atomic mass is 9.98. The summed E-state index contributed by atoms with van der Waals surface area (Å²) in [5.41, 5.74) is 7.99. The summed E-state index contributed by atoms with van der Waals surface area (Å²) in [6.07, 6.45) is -2.96. The molecule has 0 fully saturated rings. The van der Waals surface area contributed by atoms with Gasteiger partial charge in [0.15, 0.2) is 0 Å². The molecule has 0 radical (unpaired) electrons. The first-order valence-electron chi connectivity index (χ1n) is 12.1. The quantitative estimate of drug-likeness (QED) is 0.345. The van der Waals surface area contributed by atoms with Gasteiger partial charge in [-0.15, -0.1) is 0 Å². The van der Waals surface area contributed by atoms with Crippen LogP contribution in [0.3, 0.4) is 0 Å². The molecule has 1 amide bonds. The Hall–Kier alpha value is -3.87. The molecule has 4 aromatic rings. The van der Waals surface area contributed by atoms with E-state index in [4.69, 9.17) is 4.74 Å². The van der Waals surface area contributed by atoms with Gasteiger partial charge in [0.1, 0.15) is 18.8 Å².